The summed E-state index contributed by atoms with van der Waals surface area (Å²) in [6.07, 6.45) is -0.576. The van der Waals surface area contributed by atoms with E-state index in [1.165, 1.54) is 0 Å². The second kappa shape index (κ2) is 5.53. The monoisotopic (exact) mass is 288 g/mol. The van der Waals surface area contributed by atoms with Crippen molar-refractivity contribution in [3.05, 3.63) is 35.0 Å². The number of para-hydroxylation sites is 1. The van der Waals surface area contributed by atoms with Crippen molar-refractivity contribution in [2.75, 3.05) is 6.54 Å². The Morgan fingerprint density at radius 1 is 1.33 bits per heavy atom. The molecule has 0 aliphatic rings. The van der Waals surface area contributed by atoms with E-state index in [1.54, 1.807) is 6.07 Å². The van der Waals surface area contributed by atoms with Gasteiger partial charge in [-0.05, 0) is 30.9 Å². The fourth-order valence-electron chi connectivity index (χ4n) is 2.26. The summed E-state index contributed by atoms with van der Waals surface area (Å²) in [4.78, 5) is 15.6. The Hall–Kier alpha value is -1.81. The number of aromatic nitrogens is 1. The number of carbonyl (C=O) groups excluding carboxylic acids is 1. The lowest BCUT2D eigenvalue weighted by molar-refractivity contribution is 0.0587. The Labute approximate surface area is 125 Å². The van der Waals surface area contributed by atoms with E-state index in [-0.39, 0.29) is 17.9 Å². The number of aliphatic hydroxyl groups excluding tert-OH is 1. The molecule has 114 valence electrons. The maximum atomic E-state index is 12.4. The van der Waals surface area contributed by atoms with E-state index in [4.69, 9.17) is 0 Å². The van der Waals surface area contributed by atoms with Gasteiger partial charge in [-0.25, -0.2) is 0 Å². The molecule has 0 spiro atoms. The van der Waals surface area contributed by atoms with Crippen LogP contribution in [-0.4, -0.2) is 28.6 Å². The van der Waals surface area contributed by atoms with Crippen molar-refractivity contribution in [3.63, 3.8) is 0 Å². The zero-order chi connectivity index (χ0) is 15.8. The highest BCUT2D eigenvalue weighted by atomic mass is 16.3. The average Bonchev–Trinajstić information content (AvgIpc) is 2.70. The van der Waals surface area contributed by atoms with Crippen LogP contribution in [0.4, 0.5) is 0 Å². The molecule has 2 aromatic rings. The van der Waals surface area contributed by atoms with Gasteiger partial charge in [-0.15, -0.1) is 0 Å². The third-order valence-electron chi connectivity index (χ3n) is 4.04. The van der Waals surface area contributed by atoms with Crippen molar-refractivity contribution in [3.8, 4) is 0 Å². The van der Waals surface area contributed by atoms with E-state index in [0.29, 0.717) is 5.56 Å². The van der Waals surface area contributed by atoms with Crippen molar-refractivity contribution < 1.29 is 9.90 Å². The van der Waals surface area contributed by atoms with E-state index in [1.807, 2.05) is 46.8 Å². The minimum absolute atomic E-state index is 0.162. The molecule has 0 aliphatic carbocycles. The third kappa shape index (κ3) is 3.10. The van der Waals surface area contributed by atoms with Crippen LogP contribution in [0, 0.1) is 19.3 Å². The van der Waals surface area contributed by atoms with Gasteiger partial charge in [0.2, 0.25) is 0 Å². The SMILES string of the molecule is Cc1[nH]c2c(C(=O)NCC(O)C(C)(C)C)cccc2c1C. The molecule has 0 radical (unpaired) electrons. The lowest BCUT2D eigenvalue weighted by Gasteiger charge is -2.25. The molecule has 0 saturated heterocycles. The standard InChI is InChI=1S/C17H24N2O2/c1-10-11(2)19-15-12(10)7-6-8-13(15)16(21)18-9-14(20)17(3,4)5/h6-8,14,19-20H,9H2,1-5H3,(H,18,21). The number of carbonyl (C=O) groups is 1. The van der Waals surface area contributed by atoms with Crippen molar-refractivity contribution in [1.82, 2.24) is 10.3 Å². The zero-order valence-electron chi connectivity index (χ0n) is 13.4. The van der Waals surface area contributed by atoms with E-state index >= 15 is 0 Å². The molecule has 0 saturated carbocycles. The van der Waals surface area contributed by atoms with Gasteiger partial charge in [-0.1, -0.05) is 32.9 Å². The number of fused-ring (bicyclic) bond motifs is 1. The van der Waals surface area contributed by atoms with Gasteiger partial charge in [-0.2, -0.15) is 0 Å². The van der Waals surface area contributed by atoms with Crippen LogP contribution in [0.3, 0.4) is 0 Å². The van der Waals surface area contributed by atoms with Crippen LogP contribution >= 0.6 is 0 Å². The second-order valence-electron chi connectivity index (χ2n) is 6.69. The van der Waals surface area contributed by atoms with Gasteiger partial charge in [0.15, 0.2) is 0 Å². The number of aromatic amines is 1. The van der Waals surface area contributed by atoms with Crippen molar-refractivity contribution in [1.29, 1.82) is 0 Å². The molecule has 1 aromatic heterocycles. The number of hydrogen-bond donors (Lipinski definition) is 3. The highest BCUT2D eigenvalue weighted by Gasteiger charge is 2.23. The van der Waals surface area contributed by atoms with Gasteiger partial charge in [-0.3, -0.25) is 4.79 Å². The number of benzene rings is 1. The molecule has 1 heterocycles. The quantitative estimate of drug-likeness (QED) is 0.813. The molecule has 1 amide bonds. The molecule has 0 aliphatic heterocycles. The normalized spacial score (nSPS) is 13.4. The molecule has 4 nitrogen and oxygen atoms in total. The maximum absolute atomic E-state index is 12.4. The summed E-state index contributed by atoms with van der Waals surface area (Å²) in [7, 11) is 0. The molecule has 4 heteroatoms. The van der Waals surface area contributed by atoms with Crippen LogP contribution < -0.4 is 5.32 Å². The highest BCUT2D eigenvalue weighted by molar-refractivity contribution is 6.06. The predicted molar refractivity (Wildman–Crippen MR) is 85.6 cm³/mol. The third-order valence-corrected chi connectivity index (χ3v) is 4.04. The summed E-state index contributed by atoms with van der Waals surface area (Å²) in [5.41, 5.74) is 3.45. The van der Waals surface area contributed by atoms with Gasteiger partial charge >= 0.3 is 0 Å². The van der Waals surface area contributed by atoms with Gasteiger partial charge < -0.3 is 15.4 Å². The number of rotatable bonds is 3. The summed E-state index contributed by atoms with van der Waals surface area (Å²) in [5.74, 6) is -0.162. The van der Waals surface area contributed by atoms with Crippen LogP contribution in [0.2, 0.25) is 0 Å². The minimum atomic E-state index is -0.576. The first-order chi connectivity index (χ1) is 9.71. The first-order valence-electron chi connectivity index (χ1n) is 7.26. The van der Waals surface area contributed by atoms with Crippen molar-refractivity contribution in [2.45, 2.75) is 40.7 Å². The lowest BCUT2D eigenvalue weighted by Crippen LogP contribution is -2.39. The fraction of sp³-hybridized carbons (Fsp3) is 0.471. The summed E-state index contributed by atoms with van der Waals surface area (Å²) < 4.78 is 0. The Bertz CT molecular complexity index is 665. The number of amides is 1. The summed E-state index contributed by atoms with van der Waals surface area (Å²) in [5, 5.41) is 13.9. The smallest absolute Gasteiger partial charge is 0.253 e. The predicted octanol–water partition coefficient (Wildman–Crippen LogP) is 2.92. The molecular formula is C17H24N2O2. The summed E-state index contributed by atoms with van der Waals surface area (Å²) in [6, 6.07) is 5.70. The molecule has 1 aromatic carbocycles. The Morgan fingerprint density at radius 3 is 2.62 bits per heavy atom. The van der Waals surface area contributed by atoms with Gasteiger partial charge in [0, 0.05) is 17.6 Å². The largest absolute Gasteiger partial charge is 0.391 e. The van der Waals surface area contributed by atoms with Gasteiger partial charge in [0.25, 0.3) is 5.91 Å². The van der Waals surface area contributed by atoms with Crippen LogP contribution in [0.15, 0.2) is 18.2 Å². The number of nitrogens with one attached hydrogen (secondary N) is 2. The molecule has 1 unspecified atom stereocenters. The van der Waals surface area contributed by atoms with Crippen LogP contribution in [0.5, 0.6) is 0 Å². The van der Waals surface area contributed by atoms with E-state index in [0.717, 1.165) is 22.2 Å². The first-order valence-corrected chi connectivity index (χ1v) is 7.26. The number of aryl methyl sites for hydroxylation is 2. The van der Waals surface area contributed by atoms with E-state index in [2.05, 4.69) is 10.3 Å². The second-order valence-corrected chi connectivity index (χ2v) is 6.69. The van der Waals surface area contributed by atoms with E-state index in [9.17, 15) is 9.90 Å². The van der Waals surface area contributed by atoms with Crippen LogP contribution in [-0.2, 0) is 0 Å². The molecule has 1 atom stereocenters. The Morgan fingerprint density at radius 2 is 2.00 bits per heavy atom. The first kappa shape index (κ1) is 15.6. The average molecular weight is 288 g/mol. The zero-order valence-corrected chi connectivity index (χ0v) is 13.4. The topological polar surface area (TPSA) is 65.1 Å². The molecule has 2 rings (SSSR count). The molecule has 0 bridgehead atoms. The Balaban J connectivity index is 2.23. The summed E-state index contributed by atoms with van der Waals surface area (Å²) in [6.45, 7) is 10.1. The lowest BCUT2D eigenvalue weighted by atomic mass is 9.89. The molecule has 21 heavy (non-hydrogen) atoms. The number of aliphatic hydroxyl groups is 1. The molecule has 3 N–H and O–H groups in total. The van der Waals surface area contributed by atoms with Gasteiger partial charge in [0.05, 0.1) is 17.2 Å². The maximum Gasteiger partial charge on any atom is 0.253 e. The van der Waals surface area contributed by atoms with Crippen LogP contribution in [0.25, 0.3) is 10.9 Å². The Kier molecular flexibility index (Phi) is 4.10. The van der Waals surface area contributed by atoms with Gasteiger partial charge in [0.1, 0.15) is 0 Å². The molecule has 0 fully saturated rings. The van der Waals surface area contributed by atoms with Crippen molar-refractivity contribution >= 4 is 16.8 Å². The summed E-state index contributed by atoms with van der Waals surface area (Å²) >= 11 is 0. The van der Waals surface area contributed by atoms with Crippen molar-refractivity contribution in [2.24, 2.45) is 5.41 Å². The fourth-order valence-corrected chi connectivity index (χ4v) is 2.26. The molecular weight excluding hydrogens is 264 g/mol. The minimum Gasteiger partial charge on any atom is -0.391 e. The number of H-pyrrole nitrogens is 1. The highest BCUT2D eigenvalue weighted by Crippen LogP contribution is 2.24. The van der Waals surface area contributed by atoms with Crippen LogP contribution in [0.1, 0.15) is 42.4 Å². The number of hydrogen-bond acceptors (Lipinski definition) is 2. The van der Waals surface area contributed by atoms with E-state index < -0.39 is 6.10 Å².